The molecule has 18 heavy (non-hydrogen) atoms. The van der Waals surface area contributed by atoms with Gasteiger partial charge in [0.25, 0.3) is 0 Å². The standard InChI is InChI=1S/C15H16BrNO/c1-10-6-7-15(18)12(8-10)9-17-14-5-3-4-13(16)11(14)2/h3-8,17-18H,9H2,1-2H3. The van der Waals surface area contributed by atoms with Crippen LogP contribution in [0.3, 0.4) is 0 Å². The van der Waals surface area contributed by atoms with E-state index in [9.17, 15) is 5.11 Å². The van der Waals surface area contributed by atoms with Gasteiger partial charge in [-0.15, -0.1) is 0 Å². The highest BCUT2D eigenvalue weighted by atomic mass is 79.9. The van der Waals surface area contributed by atoms with Gasteiger partial charge in [-0.2, -0.15) is 0 Å². The van der Waals surface area contributed by atoms with Crippen molar-refractivity contribution >= 4 is 21.6 Å². The Bertz CT molecular complexity index is 564. The van der Waals surface area contributed by atoms with Gasteiger partial charge in [-0.05, 0) is 37.6 Å². The number of hydrogen-bond acceptors (Lipinski definition) is 2. The summed E-state index contributed by atoms with van der Waals surface area (Å²) in [6.07, 6.45) is 0. The van der Waals surface area contributed by atoms with Crippen LogP contribution in [0.15, 0.2) is 40.9 Å². The molecule has 0 bridgehead atoms. The lowest BCUT2D eigenvalue weighted by atomic mass is 10.1. The molecule has 0 radical (unpaired) electrons. The monoisotopic (exact) mass is 305 g/mol. The number of nitrogens with one attached hydrogen (secondary N) is 1. The van der Waals surface area contributed by atoms with Crippen molar-refractivity contribution in [2.24, 2.45) is 0 Å². The van der Waals surface area contributed by atoms with E-state index in [0.717, 1.165) is 21.3 Å². The van der Waals surface area contributed by atoms with Crippen molar-refractivity contribution in [3.8, 4) is 5.75 Å². The first kappa shape index (κ1) is 13.0. The van der Waals surface area contributed by atoms with Gasteiger partial charge in [0.15, 0.2) is 0 Å². The van der Waals surface area contributed by atoms with E-state index < -0.39 is 0 Å². The normalized spacial score (nSPS) is 10.4. The zero-order chi connectivity index (χ0) is 13.1. The Morgan fingerprint density at radius 2 is 1.94 bits per heavy atom. The van der Waals surface area contributed by atoms with Crippen molar-refractivity contribution in [1.82, 2.24) is 0 Å². The second-order valence-corrected chi connectivity index (χ2v) is 5.25. The minimum atomic E-state index is 0.334. The largest absolute Gasteiger partial charge is 0.508 e. The maximum absolute atomic E-state index is 9.79. The first-order valence-corrected chi connectivity index (χ1v) is 6.64. The summed E-state index contributed by atoms with van der Waals surface area (Å²) in [5.41, 5.74) is 4.31. The maximum atomic E-state index is 9.79. The quantitative estimate of drug-likeness (QED) is 0.882. The van der Waals surface area contributed by atoms with Gasteiger partial charge >= 0.3 is 0 Å². The van der Waals surface area contributed by atoms with E-state index >= 15 is 0 Å². The van der Waals surface area contributed by atoms with E-state index in [-0.39, 0.29) is 0 Å². The zero-order valence-corrected chi connectivity index (χ0v) is 12.1. The number of hydrogen-bond donors (Lipinski definition) is 2. The number of aryl methyl sites for hydroxylation is 1. The van der Waals surface area contributed by atoms with Crippen LogP contribution < -0.4 is 5.32 Å². The summed E-state index contributed by atoms with van der Waals surface area (Å²) < 4.78 is 1.08. The van der Waals surface area contributed by atoms with Crippen molar-refractivity contribution in [2.75, 3.05) is 5.32 Å². The van der Waals surface area contributed by atoms with Gasteiger partial charge in [-0.25, -0.2) is 0 Å². The lowest BCUT2D eigenvalue weighted by Gasteiger charge is -2.12. The van der Waals surface area contributed by atoms with Crippen LogP contribution in [0.25, 0.3) is 0 Å². The molecule has 3 heteroatoms. The Hall–Kier alpha value is -1.48. The molecule has 0 saturated carbocycles. The smallest absolute Gasteiger partial charge is 0.120 e. The number of phenolic OH excluding ortho intramolecular Hbond substituents is 1. The third kappa shape index (κ3) is 2.85. The summed E-state index contributed by atoms with van der Waals surface area (Å²) in [5.74, 6) is 0.334. The van der Waals surface area contributed by atoms with Crippen LogP contribution in [-0.4, -0.2) is 5.11 Å². The van der Waals surface area contributed by atoms with Gasteiger partial charge in [-0.1, -0.05) is 39.7 Å². The molecule has 0 atom stereocenters. The third-order valence-corrected chi connectivity index (χ3v) is 3.83. The first-order chi connectivity index (χ1) is 8.58. The van der Waals surface area contributed by atoms with Gasteiger partial charge in [0.1, 0.15) is 5.75 Å². The molecule has 0 heterocycles. The van der Waals surface area contributed by atoms with Gasteiger partial charge in [0.05, 0.1) is 0 Å². The van der Waals surface area contributed by atoms with Crippen molar-refractivity contribution < 1.29 is 5.11 Å². The Morgan fingerprint density at radius 1 is 1.17 bits per heavy atom. The fourth-order valence-electron chi connectivity index (χ4n) is 1.85. The highest BCUT2D eigenvalue weighted by Gasteiger charge is 2.04. The molecule has 0 unspecified atom stereocenters. The molecule has 2 rings (SSSR count). The van der Waals surface area contributed by atoms with E-state index in [0.29, 0.717) is 12.3 Å². The summed E-state index contributed by atoms with van der Waals surface area (Å²) in [6, 6.07) is 11.7. The van der Waals surface area contributed by atoms with E-state index in [4.69, 9.17) is 0 Å². The van der Waals surface area contributed by atoms with Crippen molar-refractivity contribution in [2.45, 2.75) is 20.4 Å². The van der Waals surface area contributed by atoms with Crippen LogP contribution in [-0.2, 0) is 6.54 Å². The second-order valence-electron chi connectivity index (χ2n) is 4.40. The predicted molar refractivity (Wildman–Crippen MR) is 79.0 cm³/mol. The van der Waals surface area contributed by atoms with Crippen molar-refractivity contribution in [3.63, 3.8) is 0 Å². The van der Waals surface area contributed by atoms with Crippen molar-refractivity contribution in [3.05, 3.63) is 57.6 Å². The first-order valence-electron chi connectivity index (χ1n) is 5.85. The molecule has 2 aromatic carbocycles. The number of anilines is 1. The summed E-state index contributed by atoms with van der Waals surface area (Å²) in [7, 11) is 0. The van der Waals surface area contributed by atoms with Crippen LogP contribution in [0.5, 0.6) is 5.75 Å². The molecular weight excluding hydrogens is 290 g/mol. The molecule has 0 aliphatic heterocycles. The zero-order valence-electron chi connectivity index (χ0n) is 10.5. The number of phenols is 1. The van der Waals surface area contributed by atoms with E-state index in [2.05, 4.69) is 28.2 Å². The number of halogens is 1. The number of rotatable bonds is 3. The minimum absolute atomic E-state index is 0.334. The molecule has 0 aliphatic rings. The second kappa shape index (κ2) is 5.44. The van der Waals surface area contributed by atoms with E-state index in [1.165, 1.54) is 5.56 Å². The van der Waals surface area contributed by atoms with Crippen LogP contribution in [0.1, 0.15) is 16.7 Å². The third-order valence-electron chi connectivity index (χ3n) is 2.97. The highest BCUT2D eigenvalue weighted by Crippen LogP contribution is 2.25. The molecule has 2 N–H and O–H groups in total. The Kier molecular flexibility index (Phi) is 3.92. The molecule has 0 amide bonds. The van der Waals surface area contributed by atoms with Crippen LogP contribution >= 0.6 is 15.9 Å². The summed E-state index contributed by atoms with van der Waals surface area (Å²) >= 11 is 3.51. The molecule has 0 spiro atoms. The summed E-state index contributed by atoms with van der Waals surface area (Å²) in [6.45, 7) is 4.70. The van der Waals surface area contributed by atoms with E-state index in [1.54, 1.807) is 6.07 Å². The van der Waals surface area contributed by atoms with Crippen LogP contribution in [0.2, 0.25) is 0 Å². The minimum Gasteiger partial charge on any atom is -0.508 e. The topological polar surface area (TPSA) is 32.3 Å². The van der Waals surface area contributed by atoms with Gasteiger partial charge < -0.3 is 10.4 Å². The molecule has 0 aliphatic carbocycles. The molecule has 0 aromatic heterocycles. The van der Waals surface area contributed by atoms with Gasteiger partial charge in [0.2, 0.25) is 0 Å². The molecule has 0 fully saturated rings. The lowest BCUT2D eigenvalue weighted by Crippen LogP contribution is -2.01. The lowest BCUT2D eigenvalue weighted by molar-refractivity contribution is 0.469. The van der Waals surface area contributed by atoms with Crippen LogP contribution in [0, 0.1) is 13.8 Å². The highest BCUT2D eigenvalue weighted by molar-refractivity contribution is 9.10. The SMILES string of the molecule is Cc1ccc(O)c(CNc2cccc(Br)c2C)c1. The van der Waals surface area contributed by atoms with Crippen LogP contribution in [0.4, 0.5) is 5.69 Å². The number of aromatic hydroxyl groups is 1. The average molecular weight is 306 g/mol. The Morgan fingerprint density at radius 3 is 2.72 bits per heavy atom. The van der Waals surface area contributed by atoms with Gasteiger partial charge in [-0.3, -0.25) is 0 Å². The Labute approximate surface area is 116 Å². The number of benzene rings is 2. The van der Waals surface area contributed by atoms with Gasteiger partial charge in [0, 0.05) is 22.3 Å². The van der Waals surface area contributed by atoms with E-state index in [1.807, 2.05) is 37.3 Å². The maximum Gasteiger partial charge on any atom is 0.120 e. The summed E-state index contributed by atoms with van der Waals surface area (Å²) in [4.78, 5) is 0. The summed E-state index contributed by atoms with van der Waals surface area (Å²) in [5, 5.41) is 13.1. The fourth-order valence-corrected chi connectivity index (χ4v) is 2.21. The molecule has 94 valence electrons. The molecule has 0 saturated heterocycles. The molecule has 2 aromatic rings. The molecular formula is C15H16BrNO. The van der Waals surface area contributed by atoms with Crippen molar-refractivity contribution in [1.29, 1.82) is 0 Å². The fraction of sp³-hybridized carbons (Fsp3) is 0.200. The molecule has 2 nitrogen and oxygen atoms in total. The predicted octanol–water partition coefficient (Wildman–Crippen LogP) is 4.38. The Balaban J connectivity index is 2.16. The average Bonchev–Trinajstić information content (AvgIpc) is 2.35.